The molecule has 0 saturated carbocycles. The summed E-state index contributed by atoms with van der Waals surface area (Å²) in [6, 6.07) is 30.4. The number of hydrogen-bond acceptors (Lipinski definition) is 6. The zero-order chi connectivity index (χ0) is 33.9. The zero-order valence-electron chi connectivity index (χ0n) is 25.9. The minimum atomic E-state index is -1.14. The van der Waals surface area contributed by atoms with Crippen LogP contribution in [0.3, 0.4) is 0 Å². The maximum atomic E-state index is 12.8. The van der Waals surface area contributed by atoms with Gasteiger partial charge < -0.3 is 25.4 Å². The Morgan fingerprint density at radius 2 is 1.06 bits per heavy atom. The molecule has 4 aliphatic heterocycles. The van der Waals surface area contributed by atoms with Gasteiger partial charge in [-0.3, -0.25) is 14.9 Å². The third kappa shape index (κ3) is 5.36. The smallest absolute Gasteiger partial charge is 0.322 e. The van der Waals surface area contributed by atoms with Gasteiger partial charge in [-0.05, 0) is 73.6 Å². The molecule has 0 radical (unpaired) electrons. The van der Waals surface area contributed by atoms with Crippen molar-refractivity contribution in [2.45, 2.75) is 49.0 Å². The molecule has 4 heterocycles. The Morgan fingerprint density at radius 3 is 1.46 bits per heavy atom. The van der Waals surface area contributed by atoms with Gasteiger partial charge in [-0.2, -0.15) is 0 Å². The number of nitrogens with one attached hydrogen (secondary N) is 4. The van der Waals surface area contributed by atoms with Crippen LogP contribution in [0.15, 0.2) is 106 Å². The highest BCUT2D eigenvalue weighted by Crippen LogP contribution is 2.51. The fourth-order valence-electron chi connectivity index (χ4n) is 7.12. The molecule has 0 aliphatic carbocycles. The Morgan fingerprint density at radius 1 is 0.625 bits per heavy atom. The van der Waals surface area contributed by atoms with Crippen LogP contribution in [-0.2, 0) is 31.9 Å². The van der Waals surface area contributed by atoms with Crippen molar-refractivity contribution in [3.05, 3.63) is 128 Å². The largest absolute Gasteiger partial charge is 0.482 e. The molecule has 244 valence electrons. The summed E-state index contributed by atoms with van der Waals surface area (Å²) in [5, 5.41) is 11.5. The van der Waals surface area contributed by atoms with Gasteiger partial charge in [0.2, 0.25) is 0 Å². The maximum absolute atomic E-state index is 12.8. The lowest BCUT2D eigenvalue weighted by molar-refractivity contribution is -0.128. The summed E-state index contributed by atoms with van der Waals surface area (Å²) in [4.78, 5) is 37.4. The normalized spacial score (nSPS) is 28.1. The molecule has 48 heavy (non-hydrogen) atoms. The van der Waals surface area contributed by atoms with Crippen molar-refractivity contribution in [1.29, 1.82) is 0 Å². The second-order valence-electron chi connectivity index (χ2n) is 12.7. The molecule has 4 atom stereocenters. The summed E-state index contributed by atoms with van der Waals surface area (Å²) >= 11 is 12.1. The summed E-state index contributed by atoms with van der Waals surface area (Å²) in [5.74, 6) is 0.783. The Bertz CT molecular complexity index is 1860. The first kappa shape index (κ1) is 32.3. The molecule has 4 amide bonds. The second-order valence-corrected chi connectivity index (χ2v) is 14.9. The highest BCUT2D eigenvalue weighted by molar-refractivity contribution is 9.10. The third-order valence-corrected chi connectivity index (χ3v) is 10.5. The number of benzene rings is 4. The SMILES string of the molecule is CC1(c2ccccc2)CC2(NC(=O)NC2=O)c2cc(Br)ccc2O1.CC1(c2ccccc2)CC2(NC(=S)NC2=O)c2cc(Br)ccc2O1. The Labute approximate surface area is 299 Å². The minimum absolute atomic E-state index is 0.141. The molecule has 2 saturated heterocycles. The molecule has 4 aromatic rings. The molecule has 4 N–H and O–H groups in total. The number of carbonyl (C=O) groups excluding carboxylic acids is 3. The number of urea groups is 1. The fourth-order valence-corrected chi connectivity index (χ4v) is 8.11. The van der Waals surface area contributed by atoms with Crippen LogP contribution in [-0.4, -0.2) is 23.0 Å². The first-order valence-corrected chi connectivity index (χ1v) is 17.2. The van der Waals surface area contributed by atoms with Gasteiger partial charge in [-0.15, -0.1) is 0 Å². The van der Waals surface area contributed by atoms with E-state index >= 15 is 0 Å². The molecule has 4 unspecified atom stereocenters. The lowest BCUT2D eigenvalue weighted by atomic mass is 9.74. The summed E-state index contributed by atoms with van der Waals surface area (Å²) in [6.45, 7) is 3.94. The Balaban J connectivity index is 0.000000152. The third-order valence-electron chi connectivity index (χ3n) is 9.33. The van der Waals surface area contributed by atoms with E-state index in [1.807, 2.05) is 111 Å². The number of imide groups is 1. The van der Waals surface area contributed by atoms with Crippen LogP contribution in [0.2, 0.25) is 0 Å². The van der Waals surface area contributed by atoms with E-state index in [0.717, 1.165) is 25.6 Å². The van der Waals surface area contributed by atoms with Gasteiger partial charge in [-0.1, -0.05) is 92.5 Å². The van der Waals surface area contributed by atoms with E-state index in [9.17, 15) is 14.4 Å². The van der Waals surface area contributed by atoms with Crippen molar-refractivity contribution in [2.75, 3.05) is 0 Å². The van der Waals surface area contributed by atoms with Crippen molar-refractivity contribution in [3.63, 3.8) is 0 Å². The van der Waals surface area contributed by atoms with Gasteiger partial charge in [-0.25, -0.2) is 4.79 Å². The average Bonchev–Trinajstić information content (AvgIpc) is 3.50. The predicted octanol–water partition coefficient (Wildman–Crippen LogP) is 6.53. The van der Waals surface area contributed by atoms with Gasteiger partial charge in [0, 0.05) is 32.9 Å². The second kappa shape index (κ2) is 11.7. The standard InChI is InChI=1S/C18H15BrN2O3.C18H15BrN2O2S/c1-17(11-5-3-2-4-6-11)10-18(15(22)20-16(23)21-18)13-9-12(19)7-8-14(13)24-17;1-17(11-5-3-2-4-6-11)10-18(15(22)20-16(24)21-18)13-9-12(19)7-8-14(13)23-17/h2-9H,10H2,1H3,(H2,20,21,22,23);2-9H,10H2,1H3,(H2,20,21,22,24). The monoisotopic (exact) mass is 788 g/mol. The van der Waals surface area contributed by atoms with E-state index < -0.39 is 28.3 Å². The van der Waals surface area contributed by atoms with E-state index in [1.54, 1.807) is 0 Å². The first-order chi connectivity index (χ1) is 22.9. The van der Waals surface area contributed by atoms with E-state index in [0.29, 0.717) is 35.0 Å². The molecule has 4 aliphatic rings. The van der Waals surface area contributed by atoms with Crippen LogP contribution < -0.4 is 30.7 Å². The van der Waals surface area contributed by atoms with Crippen LogP contribution in [0.25, 0.3) is 0 Å². The van der Waals surface area contributed by atoms with Crippen LogP contribution in [0.4, 0.5) is 4.79 Å². The van der Waals surface area contributed by atoms with Crippen molar-refractivity contribution < 1.29 is 23.9 Å². The highest BCUT2D eigenvalue weighted by atomic mass is 79.9. The number of thiocarbonyl (C=S) groups is 1. The van der Waals surface area contributed by atoms with Crippen LogP contribution in [0.5, 0.6) is 11.5 Å². The van der Waals surface area contributed by atoms with Crippen molar-refractivity contribution in [3.8, 4) is 11.5 Å². The zero-order valence-corrected chi connectivity index (χ0v) is 29.8. The maximum Gasteiger partial charge on any atom is 0.322 e. The number of carbonyl (C=O) groups is 3. The minimum Gasteiger partial charge on any atom is -0.482 e. The van der Waals surface area contributed by atoms with Crippen LogP contribution in [0.1, 0.15) is 48.9 Å². The highest BCUT2D eigenvalue weighted by Gasteiger charge is 2.58. The van der Waals surface area contributed by atoms with Gasteiger partial charge >= 0.3 is 6.03 Å². The average molecular weight is 791 g/mol. The molecule has 12 heteroatoms. The summed E-state index contributed by atoms with van der Waals surface area (Å²) in [5.41, 5.74) is -0.0323. The summed E-state index contributed by atoms with van der Waals surface area (Å²) in [6.07, 6.45) is 0.754. The molecule has 8 rings (SSSR count). The van der Waals surface area contributed by atoms with E-state index in [-0.39, 0.29) is 11.8 Å². The molecular formula is C36H30Br2N4O5S. The molecule has 9 nitrogen and oxygen atoms in total. The van der Waals surface area contributed by atoms with Gasteiger partial charge in [0.25, 0.3) is 11.8 Å². The van der Waals surface area contributed by atoms with Crippen molar-refractivity contribution >= 4 is 67.0 Å². The quantitative estimate of drug-likeness (QED) is 0.135. The topological polar surface area (TPSA) is 118 Å². The van der Waals surface area contributed by atoms with Gasteiger partial charge in [0.1, 0.15) is 22.7 Å². The predicted molar refractivity (Wildman–Crippen MR) is 190 cm³/mol. The van der Waals surface area contributed by atoms with Gasteiger partial charge in [0.15, 0.2) is 16.2 Å². The molecule has 0 aromatic heterocycles. The molecule has 2 fully saturated rings. The van der Waals surface area contributed by atoms with Gasteiger partial charge in [0.05, 0.1) is 0 Å². The molecule has 4 aromatic carbocycles. The van der Waals surface area contributed by atoms with Crippen LogP contribution >= 0.6 is 44.1 Å². The van der Waals surface area contributed by atoms with Crippen molar-refractivity contribution in [1.82, 2.24) is 21.3 Å². The lowest BCUT2D eigenvalue weighted by Gasteiger charge is -2.44. The van der Waals surface area contributed by atoms with E-state index in [1.165, 1.54) is 0 Å². The number of ether oxygens (including phenoxy) is 2. The van der Waals surface area contributed by atoms with Crippen molar-refractivity contribution in [2.24, 2.45) is 0 Å². The fraction of sp³-hybridized carbons (Fsp3) is 0.222. The summed E-state index contributed by atoms with van der Waals surface area (Å²) in [7, 11) is 0. The lowest BCUT2D eigenvalue weighted by Crippen LogP contribution is -2.53. The summed E-state index contributed by atoms with van der Waals surface area (Å²) < 4.78 is 14.3. The number of fused-ring (bicyclic) bond motifs is 4. The molecule has 2 spiro atoms. The number of rotatable bonds is 2. The molecule has 0 bridgehead atoms. The number of hydrogen-bond donors (Lipinski definition) is 4. The number of halogens is 2. The van der Waals surface area contributed by atoms with Crippen LogP contribution in [0, 0.1) is 0 Å². The molecular weight excluding hydrogens is 760 g/mol. The number of amides is 4. The Kier molecular flexibility index (Phi) is 7.88. The first-order valence-electron chi connectivity index (χ1n) is 15.2. The van der Waals surface area contributed by atoms with E-state index in [4.69, 9.17) is 21.7 Å². The van der Waals surface area contributed by atoms with E-state index in [2.05, 4.69) is 53.1 Å². The Hall–Kier alpha value is -4.26.